The average Bonchev–Trinajstić information content (AvgIpc) is 3.07. The van der Waals surface area contributed by atoms with E-state index in [1.807, 2.05) is 53.4 Å². The lowest BCUT2D eigenvalue weighted by Gasteiger charge is -2.25. The molecule has 1 fully saturated rings. The molecule has 1 heterocycles. The highest BCUT2D eigenvalue weighted by molar-refractivity contribution is 9.10. The van der Waals surface area contributed by atoms with Crippen molar-refractivity contribution >= 4 is 27.6 Å². The Balaban J connectivity index is 1.72. The van der Waals surface area contributed by atoms with Crippen molar-refractivity contribution < 1.29 is 9.53 Å². The molecule has 23 heavy (non-hydrogen) atoms. The van der Waals surface area contributed by atoms with Gasteiger partial charge in [-0.25, -0.2) is 4.79 Å². The smallest absolute Gasteiger partial charge is 0.322 e. The van der Waals surface area contributed by atoms with E-state index in [-0.39, 0.29) is 12.1 Å². The molecule has 5 heteroatoms. The normalized spacial score (nSPS) is 17.1. The quantitative estimate of drug-likeness (QED) is 0.835. The third-order valence-corrected chi connectivity index (χ3v) is 4.64. The molecule has 1 N–H and O–H groups in total. The highest BCUT2D eigenvalue weighted by atomic mass is 79.9. The first-order chi connectivity index (χ1) is 11.2. The molecule has 4 nitrogen and oxygen atoms in total. The van der Waals surface area contributed by atoms with E-state index in [2.05, 4.69) is 21.2 Å². The SMILES string of the molecule is COc1ccc([C@H]2CCCN2C(=O)Nc2ccc(Br)cc2)cc1. The Morgan fingerprint density at radius 2 is 1.87 bits per heavy atom. The molecule has 1 aliphatic heterocycles. The molecule has 0 bridgehead atoms. The number of carbonyl (C=O) groups excluding carboxylic acids is 1. The molecule has 0 saturated carbocycles. The number of anilines is 1. The highest BCUT2D eigenvalue weighted by Crippen LogP contribution is 2.33. The van der Waals surface area contributed by atoms with Crippen molar-refractivity contribution in [1.82, 2.24) is 4.90 Å². The number of nitrogens with one attached hydrogen (secondary N) is 1. The number of nitrogens with zero attached hydrogens (tertiary/aromatic N) is 1. The van der Waals surface area contributed by atoms with Gasteiger partial charge in [-0.05, 0) is 54.8 Å². The molecule has 0 aliphatic carbocycles. The molecule has 0 radical (unpaired) electrons. The lowest BCUT2D eigenvalue weighted by atomic mass is 10.0. The fourth-order valence-corrected chi connectivity index (χ4v) is 3.18. The van der Waals surface area contributed by atoms with E-state index >= 15 is 0 Å². The standard InChI is InChI=1S/C18H19BrN2O2/c1-23-16-10-4-13(5-11-16)17-3-2-12-21(17)18(22)20-15-8-6-14(19)7-9-15/h4-11,17H,2-3,12H2,1H3,(H,20,22)/t17-/m1/s1. The molecule has 1 saturated heterocycles. The van der Waals surface area contributed by atoms with Gasteiger partial charge in [0.25, 0.3) is 0 Å². The Hall–Kier alpha value is -2.01. The fourth-order valence-electron chi connectivity index (χ4n) is 2.91. The van der Waals surface area contributed by atoms with E-state index < -0.39 is 0 Å². The summed E-state index contributed by atoms with van der Waals surface area (Å²) in [6, 6.07) is 15.6. The minimum absolute atomic E-state index is 0.0503. The van der Waals surface area contributed by atoms with Gasteiger partial charge in [-0.2, -0.15) is 0 Å². The van der Waals surface area contributed by atoms with Gasteiger partial charge in [0.15, 0.2) is 0 Å². The Morgan fingerprint density at radius 1 is 1.17 bits per heavy atom. The summed E-state index contributed by atoms with van der Waals surface area (Å²) in [4.78, 5) is 14.5. The predicted octanol–water partition coefficient (Wildman–Crippen LogP) is 4.83. The number of urea groups is 1. The molecule has 0 aromatic heterocycles. The van der Waals surface area contributed by atoms with Crippen molar-refractivity contribution in [2.45, 2.75) is 18.9 Å². The Labute approximate surface area is 144 Å². The molecule has 0 spiro atoms. The number of amides is 2. The van der Waals surface area contributed by atoms with Gasteiger partial charge in [-0.15, -0.1) is 0 Å². The first-order valence-electron chi connectivity index (χ1n) is 7.64. The number of benzene rings is 2. The second kappa shape index (κ2) is 7.04. The van der Waals surface area contributed by atoms with Crippen LogP contribution < -0.4 is 10.1 Å². The van der Waals surface area contributed by atoms with Crippen LogP contribution in [-0.2, 0) is 0 Å². The van der Waals surface area contributed by atoms with E-state index in [1.54, 1.807) is 7.11 Å². The van der Waals surface area contributed by atoms with Gasteiger partial charge in [0, 0.05) is 16.7 Å². The molecule has 1 aliphatic rings. The second-order valence-electron chi connectivity index (χ2n) is 5.56. The summed E-state index contributed by atoms with van der Waals surface area (Å²) >= 11 is 3.40. The van der Waals surface area contributed by atoms with Crippen molar-refractivity contribution in [2.75, 3.05) is 19.0 Å². The van der Waals surface area contributed by atoms with Gasteiger partial charge in [0.2, 0.25) is 0 Å². The Bertz CT molecular complexity index is 670. The van der Waals surface area contributed by atoms with Crippen molar-refractivity contribution in [2.24, 2.45) is 0 Å². The molecule has 2 aromatic rings. The molecule has 120 valence electrons. The lowest BCUT2D eigenvalue weighted by molar-refractivity contribution is 0.207. The third kappa shape index (κ3) is 3.67. The van der Waals surface area contributed by atoms with Crippen LogP contribution in [-0.4, -0.2) is 24.6 Å². The van der Waals surface area contributed by atoms with E-state index in [9.17, 15) is 4.79 Å². The average molecular weight is 375 g/mol. The number of halogens is 1. The number of hydrogen-bond acceptors (Lipinski definition) is 2. The fraction of sp³-hybridized carbons (Fsp3) is 0.278. The van der Waals surface area contributed by atoms with Gasteiger partial charge < -0.3 is 15.0 Å². The Morgan fingerprint density at radius 3 is 2.52 bits per heavy atom. The van der Waals surface area contributed by atoms with Crippen LogP contribution in [0.15, 0.2) is 53.0 Å². The number of rotatable bonds is 3. The van der Waals surface area contributed by atoms with E-state index in [0.29, 0.717) is 0 Å². The zero-order valence-electron chi connectivity index (χ0n) is 13.0. The first-order valence-corrected chi connectivity index (χ1v) is 8.44. The molecular formula is C18H19BrN2O2. The molecule has 2 aromatic carbocycles. The first kappa shape index (κ1) is 15.9. The van der Waals surface area contributed by atoms with Gasteiger partial charge >= 0.3 is 6.03 Å². The van der Waals surface area contributed by atoms with Crippen molar-refractivity contribution in [3.8, 4) is 5.75 Å². The predicted molar refractivity (Wildman–Crippen MR) is 94.8 cm³/mol. The summed E-state index contributed by atoms with van der Waals surface area (Å²) in [6.45, 7) is 0.777. The minimum Gasteiger partial charge on any atom is -0.497 e. The summed E-state index contributed by atoms with van der Waals surface area (Å²) in [5.74, 6) is 0.831. The van der Waals surface area contributed by atoms with Crippen LogP contribution in [0.4, 0.5) is 10.5 Å². The number of carbonyl (C=O) groups is 1. The van der Waals surface area contributed by atoms with Gasteiger partial charge in [0.1, 0.15) is 5.75 Å². The van der Waals surface area contributed by atoms with Gasteiger partial charge in [-0.1, -0.05) is 28.1 Å². The van der Waals surface area contributed by atoms with Crippen LogP contribution in [0.1, 0.15) is 24.4 Å². The van der Waals surface area contributed by atoms with Crippen molar-refractivity contribution in [3.05, 3.63) is 58.6 Å². The van der Waals surface area contributed by atoms with Crippen LogP contribution in [0.3, 0.4) is 0 Å². The highest BCUT2D eigenvalue weighted by Gasteiger charge is 2.29. The molecule has 3 rings (SSSR count). The molecule has 1 atom stereocenters. The summed E-state index contributed by atoms with van der Waals surface area (Å²) in [5, 5.41) is 2.97. The number of ether oxygens (including phenoxy) is 1. The maximum absolute atomic E-state index is 12.6. The van der Waals surface area contributed by atoms with Crippen molar-refractivity contribution in [1.29, 1.82) is 0 Å². The van der Waals surface area contributed by atoms with Crippen molar-refractivity contribution in [3.63, 3.8) is 0 Å². The summed E-state index contributed by atoms with van der Waals surface area (Å²) in [6.07, 6.45) is 2.00. The van der Waals surface area contributed by atoms with Crippen LogP contribution in [0, 0.1) is 0 Å². The summed E-state index contributed by atoms with van der Waals surface area (Å²) in [7, 11) is 1.66. The molecule has 2 amide bonds. The number of likely N-dealkylation sites (tertiary alicyclic amines) is 1. The largest absolute Gasteiger partial charge is 0.497 e. The maximum Gasteiger partial charge on any atom is 0.322 e. The van der Waals surface area contributed by atoms with E-state index in [1.165, 1.54) is 0 Å². The van der Waals surface area contributed by atoms with Crippen LogP contribution in [0.5, 0.6) is 5.75 Å². The number of hydrogen-bond donors (Lipinski definition) is 1. The van der Waals surface area contributed by atoms with Gasteiger partial charge in [-0.3, -0.25) is 0 Å². The van der Waals surface area contributed by atoms with Gasteiger partial charge in [0.05, 0.1) is 13.2 Å². The topological polar surface area (TPSA) is 41.6 Å². The number of methoxy groups -OCH3 is 1. The Kier molecular flexibility index (Phi) is 4.86. The van der Waals surface area contributed by atoms with E-state index in [4.69, 9.17) is 4.74 Å². The third-order valence-electron chi connectivity index (χ3n) is 4.11. The van der Waals surface area contributed by atoms with Crippen LogP contribution in [0.2, 0.25) is 0 Å². The zero-order chi connectivity index (χ0) is 16.2. The zero-order valence-corrected chi connectivity index (χ0v) is 14.5. The monoisotopic (exact) mass is 374 g/mol. The maximum atomic E-state index is 12.6. The minimum atomic E-state index is -0.0503. The second-order valence-corrected chi connectivity index (χ2v) is 6.48. The summed E-state index contributed by atoms with van der Waals surface area (Å²) < 4.78 is 6.19. The van der Waals surface area contributed by atoms with Crippen LogP contribution >= 0.6 is 15.9 Å². The molecule has 0 unspecified atom stereocenters. The van der Waals surface area contributed by atoms with Crippen LogP contribution in [0.25, 0.3) is 0 Å². The summed E-state index contributed by atoms with van der Waals surface area (Å²) in [5.41, 5.74) is 1.95. The van der Waals surface area contributed by atoms with E-state index in [0.717, 1.165) is 40.9 Å². The molecular weight excluding hydrogens is 356 g/mol. The lowest BCUT2D eigenvalue weighted by Crippen LogP contribution is -2.34.